The van der Waals surface area contributed by atoms with Crippen molar-refractivity contribution in [1.29, 1.82) is 0 Å². The minimum atomic E-state index is -2.73. The van der Waals surface area contributed by atoms with Crippen LogP contribution in [0.1, 0.15) is 31.0 Å². The first-order valence-electron chi connectivity index (χ1n) is 16.4. The lowest BCUT2D eigenvalue weighted by Crippen LogP contribution is -2.52. The molecular formula is C36H44BrN8O2P. The summed E-state index contributed by atoms with van der Waals surface area (Å²) in [5.74, 6) is 7.56. The molecule has 2 aromatic heterocycles. The fourth-order valence-electron chi connectivity index (χ4n) is 6.77. The van der Waals surface area contributed by atoms with E-state index in [0.29, 0.717) is 39.0 Å². The van der Waals surface area contributed by atoms with E-state index in [1.165, 1.54) is 31.6 Å². The summed E-state index contributed by atoms with van der Waals surface area (Å²) in [4.78, 5) is 21.6. The van der Waals surface area contributed by atoms with E-state index in [4.69, 9.17) is 9.72 Å². The van der Waals surface area contributed by atoms with Crippen LogP contribution >= 0.6 is 23.1 Å². The Labute approximate surface area is 292 Å². The van der Waals surface area contributed by atoms with Gasteiger partial charge in [-0.25, -0.2) is 9.97 Å². The monoisotopic (exact) mass is 730 g/mol. The number of piperidine rings is 1. The Morgan fingerprint density at radius 1 is 0.979 bits per heavy atom. The molecule has 252 valence electrons. The van der Waals surface area contributed by atoms with E-state index in [0.717, 1.165) is 54.1 Å². The van der Waals surface area contributed by atoms with Gasteiger partial charge in [-0.15, -0.1) is 0 Å². The molecule has 2 saturated heterocycles. The predicted octanol–water partition coefficient (Wildman–Crippen LogP) is 6.43. The van der Waals surface area contributed by atoms with Crippen LogP contribution in [0.2, 0.25) is 0 Å². The molecular weight excluding hydrogens is 687 g/mol. The summed E-state index contributed by atoms with van der Waals surface area (Å²) in [6, 6.07) is 12.5. The second-order valence-corrected chi connectivity index (χ2v) is 17.0. The SMILES string of the molecule is CC#Cc1ccc2c(P(C)(C)=O)c(Nc3nc(Nc4cc(C)c(N5CCC(N6CCN(C)CC6)CC5)cc4OC)ncc3Br)ccc2n1. The lowest BCUT2D eigenvalue weighted by Gasteiger charge is -2.43. The minimum Gasteiger partial charge on any atom is -0.494 e. The van der Waals surface area contributed by atoms with Gasteiger partial charge in [0.05, 0.1) is 28.5 Å². The lowest BCUT2D eigenvalue weighted by molar-refractivity contribution is 0.0982. The van der Waals surface area contributed by atoms with Gasteiger partial charge in [0.15, 0.2) is 0 Å². The molecule has 2 N–H and O–H groups in total. The van der Waals surface area contributed by atoms with E-state index < -0.39 is 7.14 Å². The van der Waals surface area contributed by atoms with E-state index in [1.807, 2.05) is 24.3 Å². The molecule has 2 aliphatic rings. The van der Waals surface area contributed by atoms with Crippen molar-refractivity contribution in [2.24, 2.45) is 0 Å². The van der Waals surface area contributed by atoms with Crippen molar-refractivity contribution in [3.63, 3.8) is 0 Å². The number of methoxy groups -OCH3 is 1. The molecule has 0 spiro atoms. The summed E-state index contributed by atoms with van der Waals surface area (Å²) in [5, 5.41) is 8.33. The van der Waals surface area contributed by atoms with Crippen molar-refractivity contribution in [1.82, 2.24) is 24.8 Å². The number of fused-ring (bicyclic) bond motifs is 1. The highest BCUT2D eigenvalue weighted by Gasteiger charge is 2.28. The molecule has 0 radical (unpaired) electrons. The molecule has 0 amide bonds. The van der Waals surface area contributed by atoms with Gasteiger partial charge < -0.3 is 29.7 Å². The van der Waals surface area contributed by atoms with Gasteiger partial charge in [-0.2, -0.15) is 4.98 Å². The molecule has 0 atom stereocenters. The molecule has 0 aliphatic carbocycles. The molecule has 2 aromatic carbocycles. The van der Waals surface area contributed by atoms with Crippen LogP contribution in [0.5, 0.6) is 5.75 Å². The van der Waals surface area contributed by atoms with E-state index in [9.17, 15) is 4.57 Å². The summed E-state index contributed by atoms with van der Waals surface area (Å²) in [6.07, 6.45) is 4.04. The summed E-state index contributed by atoms with van der Waals surface area (Å²) in [5.41, 5.74) is 5.27. The third kappa shape index (κ3) is 7.47. The van der Waals surface area contributed by atoms with Crippen molar-refractivity contribution in [2.45, 2.75) is 32.7 Å². The number of nitrogens with zero attached hydrogens (tertiary/aromatic N) is 6. The van der Waals surface area contributed by atoms with E-state index in [1.54, 1.807) is 33.6 Å². The summed E-state index contributed by atoms with van der Waals surface area (Å²) >= 11 is 3.60. The highest BCUT2D eigenvalue weighted by molar-refractivity contribution is 9.10. The number of anilines is 5. The Bertz CT molecular complexity index is 1920. The van der Waals surface area contributed by atoms with Gasteiger partial charge in [-0.05, 0) is 105 Å². The number of rotatable bonds is 8. The smallest absolute Gasteiger partial charge is 0.229 e. The van der Waals surface area contributed by atoms with Crippen LogP contribution in [0.4, 0.5) is 28.8 Å². The highest BCUT2D eigenvalue weighted by atomic mass is 79.9. The Hall–Kier alpha value is -3.68. The molecule has 6 rings (SSSR count). The lowest BCUT2D eigenvalue weighted by atomic mass is 10.0. The van der Waals surface area contributed by atoms with Crippen LogP contribution in [-0.4, -0.2) is 97.5 Å². The third-order valence-electron chi connectivity index (χ3n) is 9.26. The number of aromatic nitrogens is 3. The molecule has 4 aromatic rings. The predicted molar refractivity (Wildman–Crippen MR) is 202 cm³/mol. The Kier molecular flexibility index (Phi) is 10.3. The fraction of sp³-hybridized carbons (Fsp3) is 0.417. The zero-order valence-corrected chi connectivity index (χ0v) is 31.1. The molecule has 0 unspecified atom stereocenters. The zero-order chi connectivity index (χ0) is 34.0. The van der Waals surface area contributed by atoms with Crippen LogP contribution in [0, 0.1) is 18.8 Å². The number of likely N-dealkylation sites (N-methyl/N-ethyl adjacent to an activating group) is 1. The second-order valence-electron chi connectivity index (χ2n) is 13.0. The Morgan fingerprint density at radius 3 is 2.42 bits per heavy atom. The molecule has 0 saturated carbocycles. The average molecular weight is 732 g/mol. The standard InChI is InChI=1S/C36H44BrN8O2P/c1-7-8-25-9-10-27-29(39-25)11-12-30(34(27)48(5,6)46)40-35-28(37)23-38-36(42-35)41-31-21-24(2)32(22-33(31)47-4)45-15-13-26(14-16-45)44-19-17-43(3)18-20-44/h9-12,21-23,26H,13-20H2,1-6H3,(H2,38,40,41,42). The van der Waals surface area contributed by atoms with Gasteiger partial charge >= 0.3 is 0 Å². The molecule has 2 aliphatic heterocycles. The molecule has 12 heteroatoms. The van der Waals surface area contributed by atoms with Gasteiger partial charge in [0.1, 0.15) is 24.4 Å². The summed E-state index contributed by atoms with van der Waals surface area (Å²) < 4.78 is 20.2. The molecule has 48 heavy (non-hydrogen) atoms. The maximum absolute atomic E-state index is 13.6. The first-order valence-corrected chi connectivity index (χ1v) is 19.8. The highest BCUT2D eigenvalue weighted by Crippen LogP contribution is 2.42. The first-order chi connectivity index (χ1) is 23.0. The number of pyridine rings is 1. The number of halogens is 1. The Balaban J connectivity index is 1.22. The number of hydrogen-bond acceptors (Lipinski definition) is 10. The average Bonchev–Trinajstić information content (AvgIpc) is 3.06. The number of piperazine rings is 1. The van der Waals surface area contributed by atoms with Crippen LogP contribution in [0.25, 0.3) is 10.9 Å². The number of aryl methyl sites for hydroxylation is 1. The van der Waals surface area contributed by atoms with Crippen molar-refractivity contribution < 1.29 is 9.30 Å². The van der Waals surface area contributed by atoms with Crippen molar-refractivity contribution in [3.8, 4) is 17.6 Å². The maximum atomic E-state index is 13.6. The van der Waals surface area contributed by atoms with Gasteiger partial charge in [0.25, 0.3) is 0 Å². The first kappa shape index (κ1) is 34.2. The van der Waals surface area contributed by atoms with Crippen LogP contribution in [-0.2, 0) is 4.57 Å². The quantitative estimate of drug-likeness (QED) is 0.156. The summed E-state index contributed by atoms with van der Waals surface area (Å²) in [6.45, 7) is 14.2. The largest absolute Gasteiger partial charge is 0.494 e. The zero-order valence-electron chi connectivity index (χ0n) is 28.6. The number of hydrogen-bond donors (Lipinski definition) is 2. The van der Waals surface area contributed by atoms with Gasteiger partial charge in [0.2, 0.25) is 5.95 Å². The van der Waals surface area contributed by atoms with Crippen molar-refractivity contribution >= 4 is 68.1 Å². The van der Waals surface area contributed by atoms with E-state index >= 15 is 0 Å². The van der Waals surface area contributed by atoms with Gasteiger partial charge in [-0.1, -0.05) is 5.92 Å². The number of benzene rings is 2. The summed E-state index contributed by atoms with van der Waals surface area (Å²) in [7, 11) is 1.17. The normalized spacial score (nSPS) is 16.4. The van der Waals surface area contributed by atoms with Crippen molar-refractivity contribution in [2.75, 3.05) is 82.3 Å². The number of nitrogens with one attached hydrogen (secondary N) is 2. The topological polar surface area (TPSA) is 98.8 Å². The molecule has 2 fully saturated rings. The fourth-order valence-corrected chi connectivity index (χ4v) is 8.54. The third-order valence-corrected chi connectivity index (χ3v) is 11.4. The van der Waals surface area contributed by atoms with Crippen LogP contribution in [0.15, 0.2) is 47.1 Å². The molecule has 0 bridgehead atoms. The second kappa shape index (κ2) is 14.4. The Morgan fingerprint density at radius 2 is 1.73 bits per heavy atom. The number of ether oxygens (including phenoxy) is 1. The van der Waals surface area contributed by atoms with E-state index in [2.05, 4.69) is 89.2 Å². The van der Waals surface area contributed by atoms with Gasteiger partial charge in [0, 0.05) is 74.0 Å². The van der Waals surface area contributed by atoms with Crippen molar-refractivity contribution in [3.05, 3.63) is 58.3 Å². The maximum Gasteiger partial charge on any atom is 0.229 e. The minimum absolute atomic E-state index is 0.405. The van der Waals surface area contributed by atoms with E-state index in [-0.39, 0.29) is 0 Å². The van der Waals surface area contributed by atoms with Crippen LogP contribution in [0.3, 0.4) is 0 Å². The van der Waals surface area contributed by atoms with Crippen LogP contribution < -0.4 is 25.6 Å². The molecule has 4 heterocycles. The van der Waals surface area contributed by atoms with Gasteiger partial charge in [-0.3, -0.25) is 4.90 Å². The molecule has 10 nitrogen and oxygen atoms in total.